The van der Waals surface area contributed by atoms with Crippen molar-refractivity contribution in [2.24, 2.45) is 0 Å². The molecule has 122 valence electrons. The van der Waals surface area contributed by atoms with Crippen LogP contribution in [0.2, 0.25) is 0 Å². The van der Waals surface area contributed by atoms with Crippen molar-refractivity contribution < 1.29 is 9.53 Å². The first-order valence-electron chi connectivity index (χ1n) is 7.56. The summed E-state index contributed by atoms with van der Waals surface area (Å²) in [7, 11) is 1.63. The molecule has 24 heavy (non-hydrogen) atoms. The van der Waals surface area contributed by atoms with E-state index in [0.29, 0.717) is 23.8 Å². The third-order valence-electron chi connectivity index (χ3n) is 3.50. The molecule has 1 amide bonds. The molecule has 6 heteroatoms. The fraction of sp³-hybridized carbons (Fsp3) is 0.167. The summed E-state index contributed by atoms with van der Waals surface area (Å²) in [6.45, 7) is 0. The van der Waals surface area contributed by atoms with E-state index in [1.807, 2.05) is 54.6 Å². The maximum absolute atomic E-state index is 12.1. The zero-order valence-corrected chi connectivity index (χ0v) is 14.0. The number of rotatable bonds is 6. The van der Waals surface area contributed by atoms with E-state index in [1.54, 1.807) is 7.11 Å². The van der Waals surface area contributed by atoms with Gasteiger partial charge in [-0.25, -0.2) is 0 Å². The van der Waals surface area contributed by atoms with Crippen LogP contribution in [0, 0.1) is 0 Å². The van der Waals surface area contributed by atoms with Crippen LogP contribution in [0.25, 0.3) is 11.4 Å². The number of amides is 1. The van der Waals surface area contributed by atoms with Crippen molar-refractivity contribution in [3.05, 3.63) is 60.2 Å². The fourth-order valence-corrected chi connectivity index (χ4v) is 2.82. The van der Waals surface area contributed by atoms with Crippen molar-refractivity contribution in [1.82, 2.24) is 9.36 Å². The Kier molecular flexibility index (Phi) is 5.18. The average molecular weight is 339 g/mol. The minimum Gasteiger partial charge on any atom is -0.497 e. The number of carbonyl (C=O) groups is 1. The number of carbonyl (C=O) groups excluding carboxylic acids is 1. The number of nitrogens with one attached hydrogen (secondary N) is 1. The predicted octanol–water partition coefficient (Wildman–Crippen LogP) is 3.79. The first kappa shape index (κ1) is 16.1. The number of nitrogens with zero attached hydrogens (tertiary/aromatic N) is 2. The maximum Gasteiger partial charge on any atom is 0.226 e. The van der Waals surface area contributed by atoms with Crippen LogP contribution in [0.1, 0.15) is 12.0 Å². The lowest BCUT2D eigenvalue weighted by Crippen LogP contribution is -2.12. The molecule has 0 saturated carbocycles. The van der Waals surface area contributed by atoms with Gasteiger partial charge in [0.2, 0.25) is 11.0 Å². The summed E-state index contributed by atoms with van der Waals surface area (Å²) in [5, 5.41) is 3.33. The topological polar surface area (TPSA) is 64.1 Å². The molecule has 3 rings (SSSR count). The zero-order valence-electron chi connectivity index (χ0n) is 13.2. The first-order valence-corrected chi connectivity index (χ1v) is 8.34. The molecule has 1 aromatic heterocycles. The second-order valence-electron chi connectivity index (χ2n) is 5.19. The second kappa shape index (κ2) is 7.70. The molecule has 1 N–H and O–H groups in total. The summed E-state index contributed by atoms with van der Waals surface area (Å²) in [5.41, 5.74) is 2.03. The standard InChI is InChI=1S/C18H17N3O2S/c1-23-15-10-7-13(8-11-15)9-12-16(22)19-18-20-17(21-24-18)14-5-3-2-4-6-14/h2-8,10-11H,9,12H2,1H3,(H,19,20,21,22). The Morgan fingerprint density at radius 1 is 1.12 bits per heavy atom. The number of hydrogen-bond donors (Lipinski definition) is 1. The van der Waals surface area contributed by atoms with Gasteiger partial charge in [0.15, 0.2) is 5.82 Å². The van der Waals surface area contributed by atoms with E-state index in [4.69, 9.17) is 4.74 Å². The molecule has 0 unspecified atom stereocenters. The molecule has 0 spiro atoms. The second-order valence-corrected chi connectivity index (χ2v) is 5.94. The van der Waals surface area contributed by atoms with Gasteiger partial charge < -0.3 is 10.1 Å². The number of methoxy groups -OCH3 is 1. The molecule has 0 aliphatic rings. The van der Waals surface area contributed by atoms with Crippen molar-refractivity contribution in [3.63, 3.8) is 0 Å². The van der Waals surface area contributed by atoms with Crippen LogP contribution in [0.5, 0.6) is 5.75 Å². The van der Waals surface area contributed by atoms with Gasteiger partial charge in [0.25, 0.3) is 0 Å². The van der Waals surface area contributed by atoms with Crippen molar-refractivity contribution in [2.45, 2.75) is 12.8 Å². The number of hydrogen-bond acceptors (Lipinski definition) is 5. The molecule has 0 fully saturated rings. The van der Waals surface area contributed by atoms with Gasteiger partial charge in [-0.3, -0.25) is 4.79 Å². The van der Waals surface area contributed by atoms with Gasteiger partial charge in [-0.1, -0.05) is 42.5 Å². The molecule has 0 saturated heterocycles. The molecule has 2 aromatic carbocycles. The summed E-state index contributed by atoms with van der Waals surface area (Å²) in [6, 6.07) is 17.4. The summed E-state index contributed by atoms with van der Waals surface area (Å²) >= 11 is 1.19. The van der Waals surface area contributed by atoms with E-state index < -0.39 is 0 Å². The van der Waals surface area contributed by atoms with Gasteiger partial charge in [0.05, 0.1) is 7.11 Å². The fourth-order valence-electron chi connectivity index (χ4n) is 2.21. The van der Waals surface area contributed by atoms with Gasteiger partial charge in [-0.15, -0.1) is 0 Å². The van der Waals surface area contributed by atoms with Crippen LogP contribution in [-0.2, 0) is 11.2 Å². The molecule has 0 aliphatic carbocycles. The van der Waals surface area contributed by atoms with E-state index in [0.717, 1.165) is 16.9 Å². The van der Waals surface area contributed by atoms with Gasteiger partial charge >= 0.3 is 0 Å². The highest BCUT2D eigenvalue weighted by molar-refractivity contribution is 7.10. The Hall–Kier alpha value is -2.73. The highest BCUT2D eigenvalue weighted by Crippen LogP contribution is 2.21. The van der Waals surface area contributed by atoms with Crippen LogP contribution in [-0.4, -0.2) is 22.4 Å². The zero-order chi connectivity index (χ0) is 16.8. The largest absolute Gasteiger partial charge is 0.497 e. The lowest BCUT2D eigenvalue weighted by atomic mass is 10.1. The number of ether oxygens (including phenoxy) is 1. The highest BCUT2D eigenvalue weighted by atomic mass is 32.1. The SMILES string of the molecule is COc1ccc(CCC(=O)Nc2nc(-c3ccccc3)ns2)cc1. The average Bonchev–Trinajstić information content (AvgIpc) is 3.09. The number of aromatic nitrogens is 2. The Balaban J connectivity index is 1.54. The van der Waals surface area contributed by atoms with E-state index >= 15 is 0 Å². The van der Waals surface area contributed by atoms with E-state index in [2.05, 4.69) is 14.7 Å². The molecular weight excluding hydrogens is 322 g/mol. The Morgan fingerprint density at radius 3 is 2.58 bits per heavy atom. The third kappa shape index (κ3) is 4.17. The summed E-state index contributed by atoms with van der Waals surface area (Å²) < 4.78 is 9.40. The minimum absolute atomic E-state index is 0.0680. The van der Waals surface area contributed by atoms with Crippen molar-refractivity contribution in [1.29, 1.82) is 0 Å². The predicted molar refractivity (Wildman–Crippen MR) is 95.3 cm³/mol. The summed E-state index contributed by atoms with van der Waals surface area (Å²) in [5.74, 6) is 1.37. The van der Waals surface area contributed by atoms with Gasteiger partial charge in [-0.2, -0.15) is 9.36 Å². The highest BCUT2D eigenvalue weighted by Gasteiger charge is 2.09. The van der Waals surface area contributed by atoms with Crippen LogP contribution < -0.4 is 10.1 Å². The summed E-state index contributed by atoms with van der Waals surface area (Å²) in [6.07, 6.45) is 1.06. The molecule has 0 atom stereocenters. The maximum atomic E-state index is 12.1. The van der Waals surface area contributed by atoms with Crippen LogP contribution in [0.3, 0.4) is 0 Å². The third-order valence-corrected chi connectivity index (χ3v) is 4.13. The van der Waals surface area contributed by atoms with Crippen LogP contribution in [0.15, 0.2) is 54.6 Å². The van der Waals surface area contributed by atoms with Crippen molar-refractivity contribution in [2.75, 3.05) is 12.4 Å². The Labute approximate surface area is 144 Å². The number of anilines is 1. The lowest BCUT2D eigenvalue weighted by molar-refractivity contribution is -0.116. The van der Waals surface area contributed by atoms with Gasteiger partial charge in [0.1, 0.15) is 5.75 Å². The molecule has 1 heterocycles. The van der Waals surface area contributed by atoms with E-state index in [1.165, 1.54) is 11.5 Å². The molecule has 0 bridgehead atoms. The molecule has 0 aliphatic heterocycles. The van der Waals surface area contributed by atoms with Gasteiger partial charge in [-0.05, 0) is 24.1 Å². The first-order chi connectivity index (χ1) is 11.7. The Bertz CT molecular complexity index is 801. The Morgan fingerprint density at radius 2 is 1.88 bits per heavy atom. The van der Waals surface area contributed by atoms with E-state index in [9.17, 15) is 4.79 Å². The molecule has 3 aromatic rings. The lowest BCUT2D eigenvalue weighted by Gasteiger charge is -2.03. The number of benzene rings is 2. The van der Waals surface area contributed by atoms with Crippen LogP contribution in [0.4, 0.5) is 5.13 Å². The molecule has 5 nitrogen and oxygen atoms in total. The monoisotopic (exact) mass is 339 g/mol. The molecule has 0 radical (unpaired) electrons. The quantitative estimate of drug-likeness (QED) is 0.742. The van der Waals surface area contributed by atoms with Gasteiger partial charge in [0, 0.05) is 23.5 Å². The normalized spacial score (nSPS) is 10.4. The van der Waals surface area contributed by atoms with E-state index in [-0.39, 0.29) is 5.91 Å². The van der Waals surface area contributed by atoms with Crippen molar-refractivity contribution in [3.8, 4) is 17.1 Å². The minimum atomic E-state index is -0.0680. The molecular formula is C18H17N3O2S. The smallest absolute Gasteiger partial charge is 0.226 e. The van der Waals surface area contributed by atoms with Crippen LogP contribution >= 0.6 is 11.5 Å². The van der Waals surface area contributed by atoms with Crippen molar-refractivity contribution >= 4 is 22.6 Å². The number of aryl methyl sites for hydroxylation is 1. The summed E-state index contributed by atoms with van der Waals surface area (Å²) in [4.78, 5) is 16.4.